The SMILES string of the molecule is O=C(c1cccc(Cl)c1)N(Cc1ccccc1)Cc1nc2ccccc2n1CC1CC1. The van der Waals surface area contributed by atoms with Gasteiger partial charge in [-0.25, -0.2) is 4.98 Å². The maximum Gasteiger partial charge on any atom is 0.254 e. The summed E-state index contributed by atoms with van der Waals surface area (Å²) in [4.78, 5) is 20.3. The Morgan fingerprint density at radius 2 is 1.74 bits per heavy atom. The van der Waals surface area contributed by atoms with Gasteiger partial charge in [0.1, 0.15) is 5.82 Å². The van der Waals surface area contributed by atoms with Gasteiger partial charge in [0.05, 0.1) is 17.6 Å². The highest BCUT2D eigenvalue weighted by atomic mass is 35.5. The Bertz CT molecular complexity index is 1210. The molecule has 3 aromatic carbocycles. The van der Waals surface area contributed by atoms with Crippen LogP contribution in [0.25, 0.3) is 11.0 Å². The molecule has 5 heteroatoms. The highest BCUT2D eigenvalue weighted by Crippen LogP contribution is 2.33. The minimum Gasteiger partial charge on any atom is -0.327 e. The fourth-order valence-electron chi connectivity index (χ4n) is 3.99. The van der Waals surface area contributed by atoms with Crippen molar-refractivity contribution in [3.05, 3.63) is 101 Å². The first-order valence-electron chi connectivity index (χ1n) is 10.7. The summed E-state index contributed by atoms with van der Waals surface area (Å²) in [6, 6.07) is 25.5. The highest BCUT2D eigenvalue weighted by molar-refractivity contribution is 6.30. The van der Waals surface area contributed by atoms with Gasteiger partial charge in [-0.15, -0.1) is 0 Å². The predicted octanol–water partition coefficient (Wildman–Crippen LogP) is 5.94. The number of fused-ring (bicyclic) bond motifs is 1. The number of para-hydroxylation sites is 2. The van der Waals surface area contributed by atoms with E-state index in [1.165, 1.54) is 12.8 Å². The van der Waals surface area contributed by atoms with Crippen LogP contribution in [0.2, 0.25) is 5.02 Å². The smallest absolute Gasteiger partial charge is 0.254 e. The largest absolute Gasteiger partial charge is 0.327 e. The molecule has 1 fully saturated rings. The number of amides is 1. The van der Waals surface area contributed by atoms with Crippen LogP contribution in [0.1, 0.15) is 34.6 Å². The van der Waals surface area contributed by atoms with Crippen molar-refractivity contribution in [1.82, 2.24) is 14.5 Å². The maximum atomic E-state index is 13.5. The monoisotopic (exact) mass is 429 g/mol. The summed E-state index contributed by atoms with van der Waals surface area (Å²) in [5.41, 5.74) is 3.79. The molecule has 0 atom stereocenters. The number of hydrogen-bond donors (Lipinski definition) is 0. The summed E-state index contributed by atoms with van der Waals surface area (Å²) in [6.45, 7) is 1.92. The first-order valence-corrected chi connectivity index (χ1v) is 11.1. The van der Waals surface area contributed by atoms with Crippen LogP contribution in [0.5, 0.6) is 0 Å². The molecule has 0 bridgehead atoms. The van der Waals surface area contributed by atoms with Crippen molar-refractivity contribution in [2.45, 2.75) is 32.5 Å². The third-order valence-corrected chi connectivity index (χ3v) is 6.01. The lowest BCUT2D eigenvalue weighted by molar-refractivity contribution is 0.0723. The number of benzene rings is 3. The Morgan fingerprint density at radius 3 is 2.52 bits per heavy atom. The van der Waals surface area contributed by atoms with E-state index in [1.807, 2.05) is 59.5 Å². The third kappa shape index (κ3) is 4.49. The van der Waals surface area contributed by atoms with Crippen LogP contribution in [-0.2, 0) is 19.6 Å². The molecule has 0 radical (unpaired) electrons. The van der Waals surface area contributed by atoms with Crippen LogP contribution < -0.4 is 0 Å². The molecule has 1 aliphatic rings. The molecular formula is C26H24ClN3O. The van der Waals surface area contributed by atoms with Gasteiger partial charge in [0.15, 0.2) is 0 Å². The number of carbonyl (C=O) groups excluding carboxylic acids is 1. The minimum atomic E-state index is -0.0450. The molecule has 1 aliphatic carbocycles. The summed E-state index contributed by atoms with van der Waals surface area (Å²) >= 11 is 6.17. The molecule has 0 saturated heterocycles. The average molecular weight is 430 g/mol. The normalized spacial score (nSPS) is 13.5. The quantitative estimate of drug-likeness (QED) is 0.364. The third-order valence-electron chi connectivity index (χ3n) is 5.78. The minimum absolute atomic E-state index is 0.0450. The number of imidazole rings is 1. The van der Waals surface area contributed by atoms with Crippen LogP contribution in [0.3, 0.4) is 0 Å². The lowest BCUT2D eigenvalue weighted by Crippen LogP contribution is -2.31. The molecule has 1 saturated carbocycles. The Labute approximate surface area is 187 Å². The molecule has 156 valence electrons. The lowest BCUT2D eigenvalue weighted by Gasteiger charge is -2.23. The van der Waals surface area contributed by atoms with Crippen molar-refractivity contribution in [2.24, 2.45) is 5.92 Å². The summed E-state index contributed by atoms with van der Waals surface area (Å²) < 4.78 is 2.30. The number of rotatable bonds is 7. The van der Waals surface area contributed by atoms with Crippen LogP contribution in [0.4, 0.5) is 0 Å². The standard InChI is InChI=1S/C26H24ClN3O/c27-22-10-6-9-21(15-22)26(31)29(16-19-7-2-1-3-8-19)18-25-28-23-11-4-5-12-24(23)30(25)17-20-13-14-20/h1-12,15,20H,13-14,16-18H2. The van der Waals surface area contributed by atoms with E-state index in [0.29, 0.717) is 29.6 Å². The van der Waals surface area contributed by atoms with Gasteiger partial charge in [0.25, 0.3) is 5.91 Å². The topological polar surface area (TPSA) is 38.1 Å². The number of carbonyl (C=O) groups is 1. The summed E-state index contributed by atoms with van der Waals surface area (Å²) in [5, 5.41) is 0.562. The van der Waals surface area contributed by atoms with E-state index in [0.717, 1.165) is 29.0 Å². The Kier molecular flexibility index (Phi) is 5.47. The second kappa shape index (κ2) is 8.56. The molecule has 0 aliphatic heterocycles. The van der Waals surface area contributed by atoms with E-state index in [4.69, 9.17) is 16.6 Å². The van der Waals surface area contributed by atoms with Crippen molar-refractivity contribution in [1.29, 1.82) is 0 Å². The van der Waals surface area contributed by atoms with E-state index < -0.39 is 0 Å². The Hall–Kier alpha value is -3.11. The zero-order valence-corrected chi connectivity index (χ0v) is 18.0. The fraction of sp³-hybridized carbons (Fsp3) is 0.231. The van der Waals surface area contributed by atoms with Crippen molar-refractivity contribution < 1.29 is 4.79 Å². The first kappa shape index (κ1) is 19.8. The van der Waals surface area contributed by atoms with Crippen LogP contribution in [0, 0.1) is 5.92 Å². The second-order valence-electron chi connectivity index (χ2n) is 8.23. The maximum absolute atomic E-state index is 13.5. The Balaban J connectivity index is 1.51. The van der Waals surface area contributed by atoms with E-state index in [2.05, 4.69) is 16.7 Å². The van der Waals surface area contributed by atoms with E-state index >= 15 is 0 Å². The molecule has 1 heterocycles. The van der Waals surface area contributed by atoms with Gasteiger partial charge in [0, 0.05) is 23.7 Å². The molecule has 5 rings (SSSR count). The van der Waals surface area contributed by atoms with Crippen molar-refractivity contribution in [3.63, 3.8) is 0 Å². The van der Waals surface area contributed by atoms with Gasteiger partial charge in [-0.1, -0.05) is 60.1 Å². The number of nitrogens with zero attached hydrogens (tertiary/aromatic N) is 3. The van der Waals surface area contributed by atoms with Gasteiger partial charge in [-0.05, 0) is 54.7 Å². The molecule has 4 aromatic rings. The number of aromatic nitrogens is 2. The zero-order valence-electron chi connectivity index (χ0n) is 17.2. The van der Waals surface area contributed by atoms with E-state index in [1.54, 1.807) is 12.1 Å². The summed E-state index contributed by atoms with van der Waals surface area (Å²) in [7, 11) is 0. The predicted molar refractivity (Wildman–Crippen MR) is 124 cm³/mol. The van der Waals surface area contributed by atoms with Crippen molar-refractivity contribution >= 4 is 28.5 Å². The molecule has 0 unspecified atom stereocenters. The van der Waals surface area contributed by atoms with Crippen molar-refractivity contribution in [2.75, 3.05) is 0 Å². The van der Waals surface area contributed by atoms with E-state index in [9.17, 15) is 4.79 Å². The van der Waals surface area contributed by atoms with Crippen LogP contribution in [0.15, 0.2) is 78.9 Å². The summed E-state index contributed by atoms with van der Waals surface area (Å²) in [5.74, 6) is 1.60. The van der Waals surface area contributed by atoms with Gasteiger partial charge in [-0.3, -0.25) is 4.79 Å². The van der Waals surface area contributed by atoms with Crippen molar-refractivity contribution in [3.8, 4) is 0 Å². The second-order valence-corrected chi connectivity index (χ2v) is 8.66. The molecule has 31 heavy (non-hydrogen) atoms. The molecule has 0 N–H and O–H groups in total. The first-order chi connectivity index (χ1) is 15.2. The average Bonchev–Trinajstić information content (AvgIpc) is 3.55. The van der Waals surface area contributed by atoms with Gasteiger partial charge in [-0.2, -0.15) is 0 Å². The molecule has 1 amide bonds. The van der Waals surface area contributed by atoms with Crippen LogP contribution >= 0.6 is 11.6 Å². The Morgan fingerprint density at radius 1 is 0.968 bits per heavy atom. The van der Waals surface area contributed by atoms with Gasteiger partial charge >= 0.3 is 0 Å². The molecule has 0 spiro atoms. The number of halogens is 1. The fourth-order valence-corrected chi connectivity index (χ4v) is 4.18. The van der Waals surface area contributed by atoms with Gasteiger partial charge in [0.2, 0.25) is 0 Å². The van der Waals surface area contributed by atoms with E-state index in [-0.39, 0.29) is 5.91 Å². The number of hydrogen-bond acceptors (Lipinski definition) is 2. The van der Waals surface area contributed by atoms with Crippen LogP contribution in [-0.4, -0.2) is 20.4 Å². The highest BCUT2D eigenvalue weighted by Gasteiger charge is 2.26. The molecule has 1 aromatic heterocycles. The lowest BCUT2D eigenvalue weighted by atomic mass is 10.1. The summed E-state index contributed by atoms with van der Waals surface area (Å²) in [6.07, 6.45) is 2.53. The molecular weight excluding hydrogens is 406 g/mol. The zero-order chi connectivity index (χ0) is 21.2. The molecule has 4 nitrogen and oxygen atoms in total. The van der Waals surface area contributed by atoms with Gasteiger partial charge < -0.3 is 9.47 Å².